The standard InChI is InChI=1S/C23H31NO2.ClH/c1-25-22-11-9-19(10-12-22)7-8-20-13-16-24(17-14-20)18-15-21-5-3-4-6-23(21)26-2;/h3-6,9-12,20H,7-8,13-18H2,1-2H3;1H. The minimum atomic E-state index is 0. The van der Waals surface area contributed by atoms with Gasteiger partial charge in [-0.05, 0) is 80.4 Å². The number of likely N-dealkylation sites (tertiary alicyclic amines) is 1. The number of hydrogen-bond donors (Lipinski definition) is 0. The van der Waals surface area contributed by atoms with Gasteiger partial charge in [-0.2, -0.15) is 0 Å². The molecule has 1 saturated heterocycles. The molecule has 0 spiro atoms. The van der Waals surface area contributed by atoms with Crippen LogP contribution in [-0.4, -0.2) is 38.8 Å². The molecule has 0 N–H and O–H groups in total. The van der Waals surface area contributed by atoms with Gasteiger partial charge < -0.3 is 14.4 Å². The van der Waals surface area contributed by atoms with Crippen molar-refractivity contribution in [3.63, 3.8) is 0 Å². The van der Waals surface area contributed by atoms with E-state index in [1.807, 2.05) is 6.07 Å². The van der Waals surface area contributed by atoms with E-state index < -0.39 is 0 Å². The van der Waals surface area contributed by atoms with Gasteiger partial charge in [0.15, 0.2) is 0 Å². The lowest BCUT2D eigenvalue weighted by atomic mass is 9.90. The summed E-state index contributed by atoms with van der Waals surface area (Å²) < 4.78 is 10.7. The minimum absolute atomic E-state index is 0. The summed E-state index contributed by atoms with van der Waals surface area (Å²) in [5, 5.41) is 0. The fourth-order valence-corrected chi connectivity index (χ4v) is 3.85. The number of aryl methyl sites for hydroxylation is 1. The van der Waals surface area contributed by atoms with Crippen LogP contribution in [0.4, 0.5) is 0 Å². The summed E-state index contributed by atoms with van der Waals surface area (Å²) in [6, 6.07) is 16.9. The van der Waals surface area contributed by atoms with Crippen LogP contribution in [0.5, 0.6) is 11.5 Å². The Morgan fingerprint density at radius 1 is 0.889 bits per heavy atom. The van der Waals surface area contributed by atoms with E-state index in [-0.39, 0.29) is 12.4 Å². The predicted molar refractivity (Wildman–Crippen MR) is 114 cm³/mol. The summed E-state index contributed by atoms with van der Waals surface area (Å²) in [7, 11) is 3.48. The molecule has 1 aliphatic rings. The molecule has 2 aromatic carbocycles. The van der Waals surface area contributed by atoms with Crippen LogP contribution in [0.2, 0.25) is 0 Å². The fourth-order valence-electron chi connectivity index (χ4n) is 3.85. The second-order valence-electron chi connectivity index (χ2n) is 7.23. The molecule has 0 saturated carbocycles. The third-order valence-corrected chi connectivity index (χ3v) is 5.60. The van der Waals surface area contributed by atoms with Gasteiger partial charge in [0.1, 0.15) is 11.5 Å². The minimum Gasteiger partial charge on any atom is -0.497 e. The molecule has 3 nitrogen and oxygen atoms in total. The zero-order valence-electron chi connectivity index (χ0n) is 16.5. The van der Waals surface area contributed by atoms with Crippen molar-refractivity contribution in [2.24, 2.45) is 5.92 Å². The smallest absolute Gasteiger partial charge is 0.122 e. The van der Waals surface area contributed by atoms with Gasteiger partial charge in [-0.1, -0.05) is 30.3 Å². The van der Waals surface area contributed by atoms with Crippen LogP contribution in [-0.2, 0) is 12.8 Å². The number of ether oxygens (including phenoxy) is 2. The van der Waals surface area contributed by atoms with Gasteiger partial charge >= 0.3 is 0 Å². The summed E-state index contributed by atoms with van der Waals surface area (Å²) in [6.45, 7) is 3.58. The molecular weight excluding hydrogens is 358 g/mol. The molecule has 0 bridgehead atoms. The molecule has 27 heavy (non-hydrogen) atoms. The van der Waals surface area contributed by atoms with Crippen LogP contribution in [0.3, 0.4) is 0 Å². The van der Waals surface area contributed by atoms with Crippen LogP contribution in [0, 0.1) is 5.92 Å². The van der Waals surface area contributed by atoms with Crippen LogP contribution in [0.25, 0.3) is 0 Å². The quantitative estimate of drug-likeness (QED) is 0.633. The number of halogens is 1. The Balaban J connectivity index is 0.00000261. The molecule has 0 aliphatic carbocycles. The molecule has 0 amide bonds. The average molecular weight is 390 g/mol. The van der Waals surface area contributed by atoms with E-state index >= 15 is 0 Å². The van der Waals surface area contributed by atoms with E-state index in [0.29, 0.717) is 0 Å². The molecule has 148 valence electrons. The monoisotopic (exact) mass is 389 g/mol. The number of benzene rings is 2. The first kappa shape index (κ1) is 21.6. The Labute approximate surface area is 170 Å². The Hall–Kier alpha value is -1.71. The maximum atomic E-state index is 5.46. The summed E-state index contributed by atoms with van der Waals surface area (Å²) in [5.74, 6) is 2.82. The van der Waals surface area contributed by atoms with Gasteiger partial charge in [-0.25, -0.2) is 0 Å². The van der Waals surface area contributed by atoms with Crippen molar-refractivity contribution < 1.29 is 9.47 Å². The highest BCUT2D eigenvalue weighted by Gasteiger charge is 2.19. The Morgan fingerprint density at radius 2 is 1.59 bits per heavy atom. The highest BCUT2D eigenvalue weighted by Crippen LogP contribution is 2.24. The van der Waals surface area contributed by atoms with Gasteiger partial charge in [-0.3, -0.25) is 0 Å². The molecule has 0 aromatic heterocycles. The molecular formula is C23H32ClNO2. The molecule has 2 aromatic rings. The Kier molecular flexibility index (Phi) is 8.96. The summed E-state index contributed by atoms with van der Waals surface area (Å²) in [5.41, 5.74) is 2.74. The number of nitrogens with zero attached hydrogens (tertiary/aromatic N) is 1. The third kappa shape index (κ3) is 6.44. The zero-order chi connectivity index (χ0) is 18.2. The number of hydrogen-bond acceptors (Lipinski definition) is 3. The topological polar surface area (TPSA) is 21.7 Å². The lowest BCUT2D eigenvalue weighted by molar-refractivity contribution is 0.180. The van der Waals surface area contributed by atoms with Crippen molar-refractivity contribution in [2.45, 2.75) is 32.1 Å². The molecule has 3 rings (SSSR count). The third-order valence-electron chi connectivity index (χ3n) is 5.60. The van der Waals surface area contributed by atoms with Crippen molar-refractivity contribution in [3.05, 3.63) is 59.7 Å². The van der Waals surface area contributed by atoms with Crippen molar-refractivity contribution >= 4 is 12.4 Å². The molecule has 1 heterocycles. The number of rotatable bonds is 8. The lowest BCUT2D eigenvalue weighted by Crippen LogP contribution is -2.35. The first-order chi connectivity index (χ1) is 12.8. The van der Waals surface area contributed by atoms with E-state index in [1.54, 1.807) is 14.2 Å². The average Bonchev–Trinajstić information content (AvgIpc) is 2.72. The van der Waals surface area contributed by atoms with Gasteiger partial charge in [0.2, 0.25) is 0 Å². The number of piperidine rings is 1. The van der Waals surface area contributed by atoms with E-state index in [2.05, 4.69) is 47.4 Å². The largest absolute Gasteiger partial charge is 0.497 e. The highest BCUT2D eigenvalue weighted by molar-refractivity contribution is 5.85. The van der Waals surface area contributed by atoms with Crippen molar-refractivity contribution in [2.75, 3.05) is 33.9 Å². The normalized spacial score (nSPS) is 15.2. The van der Waals surface area contributed by atoms with Gasteiger partial charge in [0.05, 0.1) is 14.2 Å². The number of para-hydroxylation sites is 1. The van der Waals surface area contributed by atoms with E-state index in [9.17, 15) is 0 Å². The first-order valence-electron chi connectivity index (χ1n) is 9.75. The Bertz CT molecular complexity index is 666. The van der Waals surface area contributed by atoms with Crippen molar-refractivity contribution in [3.8, 4) is 11.5 Å². The molecule has 0 radical (unpaired) electrons. The predicted octanol–water partition coefficient (Wildman–Crippen LogP) is 5.01. The second kappa shape index (κ2) is 11.2. The second-order valence-corrected chi connectivity index (χ2v) is 7.23. The first-order valence-corrected chi connectivity index (χ1v) is 9.75. The molecule has 1 fully saturated rings. The SMILES string of the molecule is COc1ccc(CCC2CCN(CCc3ccccc3OC)CC2)cc1.Cl. The van der Waals surface area contributed by atoms with Gasteiger partial charge in [0.25, 0.3) is 0 Å². The molecule has 4 heteroatoms. The highest BCUT2D eigenvalue weighted by atomic mass is 35.5. The fraction of sp³-hybridized carbons (Fsp3) is 0.478. The lowest BCUT2D eigenvalue weighted by Gasteiger charge is -2.32. The number of methoxy groups -OCH3 is 2. The molecule has 0 atom stereocenters. The van der Waals surface area contributed by atoms with Crippen molar-refractivity contribution in [1.29, 1.82) is 0 Å². The van der Waals surface area contributed by atoms with Gasteiger partial charge in [0, 0.05) is 6.54 Å². The maximum Gasteiger partial charge on any atom is 0.122 e. The van der Waals surface area contributed by atoms with Crippen LogP contribution >= 0.6 is 12.4 Å². The summed E-state index contributed by atoms with van der Waals surface area (Å²) >= 11 is 0. The molecule has 1 aliphatic heterocycles. The van der Waals surface area contributed by atoms with E-state index in [0.717, 1.165) is 30.4 Å². The van der Waals surface area contributed by atoms with Crippen molar-refractivity contribution in [1.82, 2.24) is 4.90 Å². The summed E-state index contributed by atoms with van der Waals surface area (Å²) in [4.78, 5) is 2.61. The summed E-state index contributed by atoms with van der Waals surface area (Å²) in [6.07, 6.45) is 6.19. The van der Waals surface area contributed by atoms with Gasteiger partial charge in [-0.15, -0.1) is 12.4 Å². The van der Waals surface area contributed by atoms with E-state index in [4.69, 9.17) is 9.47 Å². The van der Waals surface area contributed by atoms with Crippen LogP contribution < -0.4 is 9.47 Å². The Morgan fingerprint density at radius 3 is 2.26 bits per heavy atom. The zero-order valence-corrected chi connectivity index (χ0v) is 17.3. The maximum absolute atomic E-state index is 5.46. The van der Waals surface area contributed by atoms with E-state index in [1.165, 1.54) is 49.9 Å². The van der Waals surface area contributed by atoms with Crippen LogP contribution in [0.1, 0.15) is 30.4 Å². The van der Waals surface area contributed by atoms with Crippen LogP contribution in [0.15, 0.2) is 48.5 Å². The molecule has 0 unspecified atom stereocenters.